The minimum Gasteiger partial charge on any atom is -0.396 e. The van der Waals surface area contributed by atoms with Crippen molar-refractivity contribution < 1.29 is 10.2 Å². The van der Waals surface area contributed by atoms with Crippen LogP contribution in [0, 0.1) is 0 Å². The second kappa shape index (κ2) is 8.93. The third-order valence-electron chi connectivity index (χ3n) is 1.77. The van der Waals surface area contributed by atoms with Gasteiger partial charge in [0.1, 0.15) is 0 Å². The molecule has 0 aliphatic heterocycles. The minimum absolute atomic E-state index is 0.0270. The summed E-state index contributed by atoms with van der Waals surface area (Å²) >= 11 is 0. The van der Waals surface area contributed by atoms with E-state index in [0.29, 0.717) is 6.54 Å². The summed E-state index contributed by atoms with van der Waals surface area (Å²) in [6.07, 6.45) is 2.90. The predicted octanol–water partition coefficient (Wildman–Crippen LogP) is -0.942. The summed E-state index contributed by atoms with van der Waals surface area (Å²) in [7, 11) is 0. The Bertz CT molecular complexity index is 87.1. The Hall–Kier alpha value is -0.160. The van der Waals surface area contributed by atoms with Gasteiger partial charge < -0.3 is 21.3 Å². The summed E-state index contributed by atoms with van der Waals surface area (Å²) in [5.74, 6) is 0. The van der Waals surface area contributed by atoms with E-state index in [4.69, 9.17) is 15.9 Å². The zero-order chi connectivity index (χ0) is 9.23. The van der Waals surface area contributed by atoms with E-state index in [0.717, 1.165) is 25.8 Å². The van der Waals surface area contributed by atoms with Crippen molar-refractivity contribution in [1.82, 2.24) is 5.32 Å². The average molecular weight is 176 g/mol. The van der Waals surface area contributed by atoms with E-state index < -0.39 is 0 Å². The Morgan fingerprint density at radius 3 is 2.42 bits per heavy atom. The molecule has 0 aromatic rings. The third-order valence-corrected chi connectivity index (χ3v) is 1.77. The number of hydrogen-bond donors (Lipinski definition) is 4. The first-order chi connectivity index (χ1) is 5.85. The van der Waals surface area contributed by atoms with Crippen molar-refractivity contribution in [2.45, 2.75) is 25.3 Å². The molecule has 12 heavy (non-hydrogen) atoms. The third kappa shape index (κ3) is 6.54. The molecule has 0 fully saturated rings. The molecule has 0 aliphatic carbocycles. The Labute approximate surface area is 73.8 Å². The lowest BCUT2D eigenvalue weighted by molar-refractivity contribution is 0.243. The van der Waals surface area contributed by atoms with Crippen molar-refractivity contribution in [3.05, 3.63) is 0 Å². The van der Waals surface area contributed by atoms with Crippen LogP contribution in [0.5, 0.6) is 0 Å². The predicted molar refractivity (Wildman–Crippen MR) is 48.9 cm³/mol. The molecule has 0 rings (SSSR count). The van der Waals surface area contributed by atoms with Gasteiger partial charge in [-0.25, -0.2) is 0 Å². The van der Waals surface area contributed by atoms with Gasteiger partial charge in [-0.1, -0.05) is 0 Å². The number of unbranched alkanes of at least 4 members (excludes halogenated alkanes) is 2. The number of rotatable bonds is 8. The van der Waals surface area contributed by atoms with Crippen molar-refractivity contribution in [3.8, 4) is 0 Å². The van der Waals surface area contributed by atoms with E-state index in [1.54, 1.807) is 0 Å². The average Bonchev–Trinajstić information content (AvgIpc) is 2.11. The van der Waals surface area contributed by atoms with Crippen LogP contribution >= 0.6 is 0 Å². The van der Waals surface area contributed by atoms with E-state index in [9.17, 15) is 0 Å². The van der Waals surface area contributed by atoms with Crippen LogP contribution in [0.4, 0.5) is 0 Å². The highest BCUT2D eigenvalue weighted by Gasteiger charge is 2.01. The van der Waals surface area contributed by atoms with Crippen LogP contribution in [0.1, 0.15) is 19.3 Å². The topological polar surface area (TPSA) is 78.5 Å². The zero-order valence-corrected chi connectivity index (χ0v) is 7.50. The second-order valence-electron chi connectivity index (χ2n) is 2.85. The second-order valence-corrected chi connectivity index (χ2v) is 2.85. The van der Waals surface area contributed by atoms with Crippen LogP contribution in [0.15, 0.2) is 0 Å². The lowest BCUT2D eigenvalue weighted by atomic mass is 10.2. The lowest BCUT2D eigenvalue weighted by Gasteiger charge is -2.12. The van der Waals surface area contributed by atoms with Crippen LogP contribution in [-0.2, 0) is 0 Å². The summed E-state index contributed by atoms with van der Waals surface area (Å²) in [6, 6.07) is 0.0270. The molecule has 4 heteroatoms. The van der Waals surface area contributed by atoms with Crippen LogP contribution in [0.25, 0.3) is 0 Å². The highest BCUT2D eigenvalue weighted by atomic mass is 16.3. The molecule has 1 unspecified atom stereocenters. The fourth-order valence-electron chi connectivity index (χ4n) is 0.942. The van der Waals surface area contributed by atoms with Gasteiger partial charge in [0.25, 0.3) is 0 Å². The molecule has 5 N–H and O–H groups in total. The van der Waals surface area contributed by atoms with Gasteiger partial charge in [-0.15, -0.1) is 0 Å². The number of nitrogens with one attached hydrogen (secondary N) is 1. The van der Waals surface area contributed by atoms with Crippen molar-refractivity contribution in [1.29, 1.82) is 0 Å². The van der Waals surface area contributed by atoms with E-state index in [2.05, 4.69) is 5.32 Å². The maximum Gasteiger partial charge on any atom is 0.0597 e. The summed E-state index contributed by atoms with van der Waals surface area (Å²) in [4.78, 5) is 0. The Morgan fingerprint density at radius 2 is 1.92 bits per heavy atom. The smallest absolute Gasteiger partial charge is 0.0597 e. The zero-order valence-electron chi connectivity index (χ0n) is 7.50. The van der Waals surface area contributed by atoms with Gasteiger partial charge in [-0.05, 0) is 25.8 Å². The number of aliphatic hydroxyl groups excluding tert-OH is 2. The first kappa shape index (κ1) is 11.8. The van der Waals surface area contributed by atoms with Gasteiger partial charge in [-0.2, -0.15) is 0 Å². The standard InChI is InChI=1S/C8H20N2O2/c9-6-8(7-12)10-4-2-1-3-5-11/h8,10-12H,1-7,9H2. The van der Waals surface area contributed by atoms with Crippen molar-refractivity contribution >= 4 is 0 Å². The first-order valence-corrected chi connectivity index (χ1v) is 4.50. The Kier molecular flexibility index (Phi) is 8.81. The molecule has 0 aromatic carbocycles. The SMILES string of the molecule is NCC(CO)NCCCCCO. The molecule has 0 aromatic heterocycles. The molecule has 0 saturated carbocycles. The van der Waals surface area contributed by atoms with Gasteiger partial charge in [0.15, 0.2) is 0 Å². The number of hydrogen-bond acceptors (Lipinski definition) is 4. The largest absolute Gasteiger partial charge is 0.396 e. The summed E-state index contributed by atoms with van der Waals surface area (Å²) < 4.78 is 0. The van der Waals surface area contributed by atoms with Crippen molar-refractivity contribution in [3.63, 3.8) is 0 Å². The Morgan fingerprint density at radius 1 is 1.17 bits per heavy atom. The molecule has 0 spiro atoms. The van der Waals surface area contributed by atoms with Crippen LogP contribution in [-0.4, -0.2) is 42.6 Å². The maximum atomic E-state index is 8.75. The van der Waals surface area contributed by atoms with Crippen molar-refractivity contribution in [2.75, 3.05) is 26.3 Å². The van der Waals surface area contributed by atoms with Crippen molar-refractivity contribution in [2.24, 2.45) is 5.73 Å². The molecule has 0 radical (unpaired) electrons. The molecule has 0 saturated heterocycles. The van der Waals surface area contributed by atoms with Crippen LogP contribution < -0.4 is 11.1 Å². The monoisotopic (exact) mass is 176 g/mol. The first-order valence-electron chi connectivity index (χ1n) is 4.50. The van der Waals surface area contributed by atoms with E-state index >= 15 is 0 Å². The number of aliphatic hydroxyl groups is 2. The molecule has 0 amide bonds. The van der Waals surface area contributed by atoms with E-state index in [-0.39, 0.29) is 19.3 Å². The van der Waals surface area contributed by atoms with Gasteiger partial charge in [0.05, 0.1) is 6.61 Å². The van der Waals surface area contributed by atoms with E-state index in [1.165, 1.54) is 0 Å². The van der Waals surface area contributed by atoms with Crippen LogP contribution in [0.3, 0.4) is 0 Å². The maximum absolute atomic E-state index is 8.75. The Balaban J connectivity index is 3.06. The lowest BCUT2D eigenvalue weighted by Crippen LogP contribution is -2.39. The molecule has 4 nitrogen and oxygen atoms in total. The van der Waals surface area contributed by atoms with Gasteiger partial charge >= 0.3 is 0 Å². The molecule has 0 heterocycles. The summed E-state index contributed by atoms with van der Waals surface area (Å²) in [5.41, 5.74) is 5.36. The normalized spacial score (nSPS) is 13.2. The molecule has 0 bridgehead atoms. The highest BCUT2D eigenvalue weighted by Crippen LogP contribution is 1.92. The summed E-state index contributed by atoms with van der Waals surface area (Å²) in [5, 5.41) is 20.4. The molecule has 74 valence electrons. The molecule has 0 aliphatic rings. The minimum atomic E-state index is 0.0270. The molecular weight excluding hydrogens is 156 g/mol. The number of nitrogens with two attached hydrogens (primary N) is 1. The van der Waals surface area contributed by atoms with E-state index in [1.807, 2.05) is 0 Å². The highest BCUT2D eigenvalue weighted by molar-refractivity contribution is 4.64. The molecule has 1 atom stereocenters. The summed E-state index contributed by atoms with van der Waals surface area (Å²) in [6.45, 7) is 1.69. The fourth-order valence-corrected chi connectivity index (χ4v) is 0.942. The van der Waals surface area contributed by atoms with Gasteiger partial charge in [0.2, 0.25) is 0 Å². The van der Waals surface area contributed by atoms with Crippen LogP contribution in [0.2, 0.25) is 0 Å². The molecular formula is C8H20N2O2. The van der Waals surface area contributed by atoms with Gasteiger partial charge in [-0.3, -0.25) is 0 Å². The fraction of sp³-hybridized carbons (Fsp3) is 1.00. The quantitative estimate of drug-likeness (QED) is 0.360. The van der Waals surface area contributed by atoms with Gasteiger partial charge in [0, 0.05) is 19.2 Å².